The lowest BCUT2D eigenvalue weighted by atomic mass is 9.91. The monoisotopic (exact) mass is 697 g/mol. The molecule has 0 saturated heterocycles. The summed E-state index contributed by atoms with van der Waals surface area (Å²) < 4.78 is 1.21. The summed E-state index contributed by atoms with van der Waals surface area (Å²) in [7, 11) is 2.19. The Labute approximate surface area is 312 Å². The maximum Gasteiger partial charge on any atom is 0.197 e. The first kappa shape index (κ1) is 31.3. The van der Waals surface area contributed by atoms with Crippen LogP contribution in [0.3, 0.4) is 0 Å². The van der Waals surface area contributed by atoms with Gasteiger partial charge in [-0.05, 0) is 43.9 Å². The molecule has 1 aromatic heterocycles. The summed E-state index contributed by atoms with van der Waals surface area (Å²) in [5.41, 5.74) is 8.89. The molecule has 1 atom stereocenters. The smallest absolute Gasteiger partial charge is 0.197 e. The molecule has 1 N–H and O–H groups in total. The van der Waals surface area contributed by atoms with Crippen LogP contribution < -0.4 is 10.2 Å². The Morgan fingerprint density at radius 2 is 1.26 bits per heavy atom. The highest BCUT2D eigenvalue weighted by Crippen LogP contribution is 2.50. The third-order valence-corrected chi connectivity index (χ3v) is 12.0. The molecule has 9 aromatic rings. The van der Waals surface area contributed by atoms with Crippen LogP contribution >= 0.6 is 11.3 Å². The molecule has 4 heteroatoms. The van der Waals surface area contributed by atoms with Crippen molar-refractivity contribution in [2.24, 2.45) is 4.99 Å². The van der Waals surface area contributed by atoms with Crippen molar-refractivity contribution >= 4 is 93.8 Å². The van der Waals surface area contributed by atoms with Crippen molar-refractivity contribution in [3.63, 3.8) is 0 Å². The SMILES string of the molecule is C=Cc1sc2c(-c3ccc4ccccc4c3)c(N(C)C3N=C(c4cccc5ccccc45)c4ccc5ccccc5c4N3)c3ccccc3c2c1C=C. The third-order valence-electron chi connectivity index (χ3n) is 10.8. The lowest BCUT2D eigenvalue weighted by molar-refractivity contribution is 0.737. The molecule has 0 fully saturated rings. The minimum absolute atomic E-state index is 0.417. The van der Waals surface area contributed by atoms with Crippen LogP contribution in [0.4, 0.5) is 11.4 Å². The second-order valence-corrected chi connectivity index (χ2v) is 14.7. The summed E-state index contributed by atoms with van der Waals surface area (Å²) in [4.78, 5) is 9.13. The van der Waals surface area contributed by atoms with E-state index in [1.807, 2.05) is 12.2 Å². The van der Waals surface area contributed by atoms with E-state index in [4.69, 9.17) is 4.99 Å². The fourth-order valence-electron chi connectivity index (χ4n) is 8.32. The third kappa shape index (κ3) is 4.83. The molecular formula is C49H35N3S. The number of thiophene rings is 1. The number of hydrogen-bond donors (Lipinski definition) is 1. The van der Waals surface area contributed by atoms with Gasteiger partial charge in [0, 0.05) is 55.0 Å². The molecule has 53 heavy (non-hydrogen) atoms. The molecule has 2 heterocycles. The Balaban J connectivity index is 1.29. The molecule has 0 spiro atoms. The van der Waals surface area contributed by atoms with Gasteiger partial charge in [0.1, 0.15) is 0 Å². The molecule has 1 aliphatic rings. The van der Waals surface area contributed by atoms with Crippen LogP contribution in [-0.4, -0.2) is 19.0 Å². The summed E-state index contributed by atoms with van der Waals surface area (Å²) in [6.07, 6.45) is 3.54. The van der Waals surface area contributed by atoms with E-state index in [9.17, 15) is 0 Å². The highest BCUT2D eigenvalue weighted by atomic mass is 32.1. The number of anilines is 2. The normalized spacial score (nSPS) is 14.0. The van der Waals surface area contributed by atoms with Crippen molar-refractivity contribution in [3.8, 4) is 11.1 Å². The summed E-state index contributed by atoms with van der Waals surface area (Å²) in [6.45, 7) is 8.49. The number of nitrogens with zero attached hydrogens (tertiary/aromatic N) is 2. The van der Waals surface area contributed by atoms with Gasteiger partial charge in [-0.25, -0.2) is 4.99 Å². The number of hydrogen-bond acceptors (Lipinski definition) is 4. The first-order chi connectivity index (χ1) is 26.1. The van der Waals surface area contributed by atoms with Crippen LogP contribution in [0.15, 0.2) is 164 Å². The van der Waals surface area contributed by atoms with Gasteiger partial charge in [-0.15, -0.1) is 11.3 Å². The maximum absolute atomic E-state index is 5.66. The molecule has 0 amide bonds. The molecule has 3 nitrogen and oxygen atoms in total. The highest BCUT2D eigenvalue weighted by Gasteiger charge is 2.30. The van der Waals surface area contributed by atoms with Crippen LogP contribution in [0.2, 0.25) is 0 Å². The van der Waals surface area contributed by atoms with Crippen molar-refractivity contribution in [1.82, 2.24) is 0 Å². The maximum atomic E-state index is 5.66. The molecular weight excluding hydrogens is 663 g/mol. The van der Waals surface area contributed by atoms with Crippen molar-refractivity contribution in [2.75, 3.05) is 17.3 Å². The quantitative estimate of drug-likeness (QED) is 0.187. The number of fused-ring (bicyclic) bond motifs is 8. The lowest BCUT2D eigenvalue weighted by Gasteiger charge is -2.36. The zero-order valence-corrected chi connectivity index (χ0v) is 30.1. The van der Waals surface area contributed by atoms with Gasteiger partial charge >= 0.3 is 0 Å². The molecule has 0 aliphatic carbocycles. The second-order valence-electron chi connectivity index (χ2n) is 13.7. The Hall–Kier alpha value is -6.49. The van der Waals surface area contributed by atoms with E-state index in [1.54, 1.807) is 11.3 Å². The van der Waals surface area contributed by atoms with Crippen LogP contribution in [-0.2, 0) is 0 Å². The number of aliphatic imine (C=N–C) groups is 1. The van der Waals surface area contributed by atoms with Gasteiger partial charge in [-0.2, -0.15) is 0 Å². The first-order valence-corrected chi connectivity index (χ1v) is 18.8. The zero-order valence-electron chi connectivity index (χ0n) is 29.3. The molecule has 0 saturated carbocycles. The van der Waals surface area contributed by atoms with Gasteiger partial charge in [0.25, 0.3) is 0 Å². The highest BCUT2D eigenvalue weighted by molar-refractivity contribution is 7.21. The molecule has 8 aromatic carbocycles. The molecule has 252 valence electrons. The van der Waals surface area contributed by atoms with Crippen molar-refractivity contribution in [3.05, 3.63) is 180 Å². The Morgan fingerprint density at radius 1 is 0.623 bits per heavy atom. The van der Waals surface area contributed by atoms with E-state index in [1.165, 1.54) is 53.4 Å². The van der Waals surface area contributed by atoms with Gasteiger partial charge in [-0.1, -0.05) is 165 Å². The van der Waals surface area contributed by atoms with E-state index in [0.29, 0.717) is 0 Å². The van der Waals surface area contributed by atoms with Gasteiger partial charge in [0.2, 0.25) is 0 Å². The predicted octanol–water partition coefficient (Wildman–Crippen LogP) is 13.1. The lowest BCUT2D eigenvalue weighted by Crippen LogP contribution is -2.41. The number of rotatable bonds is 6. The summed E-state index contributed by atoms with van der Waals surface area (Å²) in [5.74, 6) is 0. The zero-order chi connectivity index (χ0) is 35.6. The summed E-state index contributed by atoms with van der Waals surface area (Å²) in [6, 6.07) is 52.4. The van der Waals surface area contributed by atoms with Crippen LogP contribution in [0, 0.1) is 0 Å². The molecule has 1 aliphatic heterocycles. The van der Waals surface area contributed by atoms with E-state index in [-0.39, 0.29) is 0 Å². The van der Waals surface area contributed by atoms with Crippen molar-refractivity contribution in [2.45, 2.75) is 6.29 Å². The van der Waals surface area contributed by atoms with Crippen LogP contribution in [0.5, 0.6) is 0 Å². The molecule has 0 bridgehead atoms. The fraction of sp³-hybridized carbons (Fsp3) is 0.0408. The molecule has 1 unspecified atom stereocenters. The fourth-order valence-corrected chi connectivity index (χ4v) is 9.55. The number of nitrogens with one attached hydrogen (secondary N) is 1. The van der Waals surface area contributed by atoms with E-state index in [0.717, 1.165) is 49.6 Å². The van der Waals surface area contributed by atoms with Gasteiger partial charge in [0.05, 0.1) is 17.1 Å². The van der Waals surface area contributed by atoms with Gasteiger partial charge < -0.3 is 10.2 Å². The average molecular weight is 698 g/mol. The van der Waals surface area contributed by atoms with Crippen LogP contribution in [0.25, 0.3) is 76.5 Å². The molecule has 0 radical (unpaired) electrons. The first-order valence-electron chi connectivity index (χ1n) is 18.0. The standard InChI is InChI=1S/C49H35N3S/c1-4-35-42(5-2)53-48-43(34-26-25-30-15-6-7-18-33(30)29-34)47(40-23-13-12-22-38(40)44(35)48)52(3)49-50-45-37-21-11-9-17-32(37)27-28-41(45)46(51-49)39-24-14-19-31-16-8-10-20-36(31)39/h4-29,49-50H,1-2H2,3H3. The largest absolute Gasteiger partial charge is 0.346 e. The van der Waals surface area contributed by atoms with E-state index in [2.05, 4.69) is 176 Å². The minimum atomic E-state index is -0.417. The Bertz CT molecular complexity index is 3000. The number of benzene rings is 8. The van der Waals surface area contributed by atoms with E-state index >= 15 is 0 Å². The minimum Gasteiger partial charge on any atom is -0.346 e. The van der Waals surface area contributed by atoms with Crippen molar-refractivity contribution in [1.29, 1.82) is 0 Å². The average Bonchev–Trinajstić information content (AvgIpc) is 3.61. The van der Waals surface area contributed by atoms with E-state index < -0.39 is 6.29 Å². The Morgan fingerprint density at radius 3 is 2.04 bits per heavy atom. The summed E-state index contributed by atoms with van der Waals surface area (Å²) in [5, 5.41) is 14.7. The van der Waals surface area contributed by atoms with Crippen molar-refractivity contribution < 1.29 is 0 Å². The second kappa shape index (κ2) is 12.3. The van der Waals surface area contributed by atoms with Crippen LogP contribution in [0.1, 0.15) is 21.6 Å². The topological polar surface area (TPSA) is 27.6 Å². The summed E-state index contributed by atoms with van der Waals surface area (Å²) >= 11 is 1.79. The van der Waals surface area contributed by atoms with Gasteiger partial charge in [-0.3, -0.25) is 0 Å². The van der Waals surface area contributed by atoms with Gasteiger partial charge in [0.15, 0.2) is 6.29 Å². The Kier molecular flexibility index (Phi) is 7.27. The predicted molar refractivity (Wildman–Crippen MR) is 232 cm³/mol. The molecule has 10 rings (SSSR count).